The molecule has 0 unspecified atom stereocenters. The number of pyridine rings is 1. The lowest BCUT2D eigenvalue weighted by molar-refractivity contribution is 0.643. The van der Waals surface area contributed by atoms with Gasteiger partial charge in [-0.05, 0) is 6.07 Å². The summed E-state index contributed by atoms with van der Waals surface area (Å²) in [7, 11) is 3.84. The van der Waals surface area contributed by atoms with E-state index in [1.54, 1.807) is 24.8 Å². The Bertz CT molecular complexity index is 228. The van der Waals surface area contributed by atoms with Crippen LogP contribution in [0.3, 0.4) is 0 Å². The minimum atomic E-state index is 0.800. The van der Waals surface area contributed by atoms with Crippen molar-refractivity contribution in [3.63, 3.8) is 0 Å². The third kappa shape index (κ3) is 2.80. The first-order valence-corrected chi connectivity index (χ1v) is 3.31. The summed E-state index contributed by atoms with van der Waals surface area (Å²) in [4.78, 5) is 9.81. The van der Waals surface area contributed by atoms with E-state index in [-0.39, 0.29) is 0 Å². The lowest BCUT2D eigenvalue weighted by Crippen LogP contribution is -2.06. The summed E-state index contributed by atoms with van der Waals surface area (Å²) in [6.45, 7) is 0. The van der Waals surface area contributed by atoms with Gasteiger partial charge in [-0.1, -0.05) is 0 Å². The largest absolute Gasteiger partial charge is 0.369 e. The van der Waals surface area contributed by atoms with E-state index in [0.717, 1.165) is 5.69 Å². The Morgan fingerprint density at radius 2 is 2.45 bits per heavy atom. The molecule has 0 saturated carbocycles. The molecular weight excluding hydrogens is 138 g/mol. The zero-order valence-corrected chi connectivity index (χ0v) is 6.65. The van der Waals surface area contributed by atoms with Crippen LogP contribution in [0.1, 0.15) is 0 Å². The summed E-state index contributed by atoms with van der Waals surface area (Å²) < 4.78 is 0. The molecule has 1 aromatic heterocycles. The molecule has 0 aliphatic carbocycles. The van der Waals surface area contributed by atoms with Gasteiger partial charge in [-0.2, -0.15) is 0 Å². The zero-order valence-electron chi connectivity index (χ0n) is 6.65. The molecular formula is C8H10N3. The van der Waals surface area contributed by atoms with E-state index in [1.165, 1.54) is 0 Å². The van der Waals surface area contributed by atoms with Crippen molar-refractivity contribution in [2.45, 2.75) is 0 Å². The lowest BCUT2D eigenvalue weighted by Gasteiger charge is -2.00. The number of hydrogen-bond acceptors (Lipinski definition) is 2. The van der Waals surface area contributed by atoms with Gasteiger partial charge in [0.25, 0.3) is 0 Å². The third-order valence-corrected chi connectivity index (χ3v) is 1.03. The normalized spacial score (nSPS) is 10.4. The molecule has 1 heterocycles. The smallest absolute Gasteiger partial charge is 0.0907 e. The molecule has 1 radical (unpaired) electrons. The first kappa shape index (κ1) is 7.72. The second-order valence-electron chi connectivity index (χ2n) is 2.33. The fourth-order valence-corrected chi connectivity index (χ4v) is 0.566. The number of hydrogen-bond donors (Lipinski definition) is 0. The van der Waals surface area contributed by atoms with Crippen molar-refractivity contribution in [1.82, 2.24) is 9.88 Å². The van der Waals surface area contributed by atoms with Gasteiger partial charge in [-0.3, -0.25) is 4.98 Å². The number of aromatic nitrogens is 1. The Kier molecular flexibility index (Phi) is 2.60. The van der Waals surface area contributed by atoms with Gasteiger partial charge in [0.15, 0.2) is 0 Å². The van der Waals surface area contributed by atoms with Crippen molar-refractivity contribution >= 4 is 12.0 Å². The van der Waals surface area contributed by atoms with E-state index in [4.69, 9.17) is 0 Å². The van der Waals surface area contributed by atoms with Gasteiger partial charge >= 0.3 is 0 Å². The van der Waals surface area contributed by atoms with Crippen molar-refractivity contribution in [2.75, 3.05) is 14.1 Å². The van der Waals surface area contributed by atoms with Crippen molar-refractivity contribution in [1.29, 1.82) is 0 Å². The van der Waals surface area contributed by atoms with E-state index in [0.29, 0.717) is 0 Å². The van der Waals surface area contributed by atoms with Gasteiger partial charge in [0.1, 0.15) is 0 Å². The summed E-state index contributed by atoms with van der Waals surface area (Å²) in [5, 5.41) is 0. The second kappa shape index (κ2) is 3.71. The van der Waals surface area contributed by atoms with Crippen LogP contribution in [-0.4, -0.2) is 30.3 Å². The van der Waals surface area contributed by atoms with Gasteiger partial charge in [0, 0.05) is 32.6 Å². The van der Waals surface area contributed by atoms with E-state index < -0.39 is 0 Å². The van der Waals surface area contributed by atoms with Crippen LogP contribution in [0.25, 0.3) is 0 Å². The molecule has 1 aromatic rings. The Morgan fingerprint density at radius 1 is 1.64 bits per heavy atom. The minimum absolute atomic E-state index is 0.800. The molecule has 0 spiro atoms. The Balaban J connectivity index is 2.65. The molecule has 57 valence electrons. The molecule has 3 nitrogen and oxygen atoms in total. The van der Waals surface area contributed by atoms with E-state index in [2.05, 4.69) is 16.0 Å². The molecule has 0 saturated heterocycles. The van der Waals surface area contributed by atoms with Crippen molar-refractivity contribution in [2.24, 2.45) is 4.99 Å². The van der Waals surface area contributed by atoms with Gasteiger partial charge < -0.3 is 4.90 Å². The molecule has 0 amide bonds. The van der Waals surface area contributed by atoms with Crippen molar-refractivity contribution in [3.05, 3.63) is 24.5 Å². The molecule has 0 aliphatic heterocycles. The number of rotatable bonds is 2. The number of nitrogens with zero attached hydrogens (tertiary/aromatic N) is 3. The maximum absolute atomic E-state index is 4.11. The van der Waals surface area contributed by atoms with Crippen LogP contribution >= 0.6 is 0 Å². The minimum Gasteiger partial charge on any atom is -0.369 e. The van der Waals surface area contributed by atoms with Crippen molar-refractivity contribution < 1.29 is 0 Å². The van der Waals surface area contributed by atoms with Crippen molar-refractivity contribution in [3.8, 4) is 0 Å². The van der Waals surface area contributed by atoms with Crippen LogP contribution in [0.5, 0.6) is 0 Å². The van der Waals surface area contributed by atoms with Gasteiger partial charge in [-0.25, -0.2) is 4.99 Å². The first-order valence-electron chi connectivity index (χ1n) is 3.31. The summed E-state index contributed by atoms with van der Waals surface area (Å²) in [6, 6.07) is 4.69. The molecule has 0 aromatic carbocycles. The maximum atomic E-state index is 4.11. The second-order valence-corrected chi connectivity index (χ2v) is 2.33. The fraction of sp³-hybridized carbons (Fsp3) is 0.250. The van der Waals surface area contributed by atoms with Gasteiger partial charge in [0.2, 0.25) is 0 Å². The van der Waals surface area contributed by atoms with E-state index >= 15 is 0 Å². The standard InChI is InChI=1S/C8H10N3/c1-11(2)7-10-8-3-5-9-6-4-8/h3,5-7H,1-2H3. The van der Waals surface area contributed by atoms with Gasteiger partial charge in [0.05, 0.1) is 12.0 Å². The van der Waals surface area contributed by atoms with Crippen LogP contribution in [0.2, 0.25) is 0 Å². The molecule has 0 atom stereocenters. The van der Waals surface area contributed by atoms with Crippen LogP contribution in [0.15, 0.2) is 23.5 Å². The highest BCUT2D eigenvalue weighted by Crippen LogP contribution is 2.05. The maximum Gasteiger partial charge on any atom is 0.0907 e. The SMILES string of the molecule is CN(C)C=Nc1[c]cncc1. The Morgan fingerprint density at radius 3 is 3.00 bits per heavy atom. The lowest BCUT2D eigenvalue weighted by atomic mass is 10.4. The van der Waals surface area contributed by atoms with Crippen LogP contribution in [0.4, 0.5) is 5.69 Å². The molecule has 1 rings (SSSR count). The average molecular weight is 148 g/mol. The highest BCUT2D eigenvalue weighted by Gasteiger charge is 1.84. The quantitative estimate of drug-likeness (QED) is 0.464. The highest BCUT2D eigenvalue weighted by atomic mass is 15.1. The molecule has 0 N–H and O–H groups in total. The monoisotopic (exact) mass is 148 g/mol. The van der Waals surface area contributed by atoms with Crippen LogP contribution in [0, 0.1) is 6.07 Å². The topological polar surface area (TPSA) is 28.5 Å². The zero-order chi connectivity index (χ0) is 8.10. The Labute approximate surface area is 66.4 Å². The molecule has 0 fully saturated rings. The predicted molar refractivity (Wildman–Crippen MR) is 44.9 cm³/mol. The fourth-order valence-electron chi connectivity index (χ4n) is 0.566. The van der Waals surface area contributed by atoms with E-state index in [9.17, 15) is 0 Å². The molecule has 0 aliphatic rings. The number of aliphatic imine (C=N–C) groups is 1. The molecule has 3 heteroatoms. The summed E-state index contributed by atoms with van der Waals surface area (Å²) in [6.07, 6.45) is 5.02. The van der Waals surface area contributed by atoms with Gasteiger partial charge in [-0.15, -0.1) is 0 Å². The van der Waals surface area contributed by atoms with E-state index in [1.807, 2.05) is 19.0 Å². The summed E-state index contributed by atoms with van der Waals surface area (Å²) in [5.74, 6) is 0. The molecule has 11 heavy (non-hydrogen) atoms. The third-order valence-electron chi connectivity index (χ3n) is 1.03. The highest BCUT2D eigenvalue weighted by molar-refractivity contribution is 5.59. The molecule has 0 bridgehead atoms. The summed E-state index contributed by atoms with van der Waals surface area (Å²) in [5.41, 5.74) is 0.800. The van der Waals surface area contributed by atoms with Crippen LogP contribution in [-0.2, 0) is 0 Å². The summed E-state index contributed by atoms with van der Waals surface area (Å²) >= 11 is 0. The average Bonchev–Trinajstić information content (AvgIpc) is 2.03. The van der Waals surface area contributed by atoms with Crippen LogP contribution < -0.4 is 0 Å². The predicted octanol–water partition coefficient (Wildman–Crippen LogP) is 1.10. The Hall–Kier alpha value is -1.38. The first-order chi connectivity index (χ1) is 5.29.